The van der Waals surface area contributed by atoms with Gasteiger partial charge in [-0.15, -0.1) is 0 Å². The number of thioether (sulfide) groups is 2. The Hall–Kier alpha value is 0.460. The lowest BCUT2D eigenvalue weighted by molar-refractivity contribution is 0.557. The summed E-state index contributed by atoms with van der Waals surface area (Å²) in [5.74, 6) is 3.74. The van der Waals surface area contributed by atoms with Crippen molar-refractivity contribution in [1.29, 1.82) is 0 Å². The van der Waals surface area contributed by atoms with Crippen LogP contribution in [0.25, 0.3) is 0 Å². The van der Waals surface area contributed by atoms with Crippen LogP contribution < -0.4 is 5.32 Å². The smallest absolute Gasteiger partial charge is 0.0624 e. The fourth-order valence-electron chi connectivity index (χ4n) is 2.10. The summed E-state index contributed by atoms with van der Waals surface area (Å²) in [6, 6.07) is 6.34. The highest BCUT2D eigenvalue weighted by Crippen LogP contribution is 2.31. The van der Waals surface area contributed by atoms with Crippen molar-refractivity contribution in [3.63, 3.8) is 0 Å². The minimum Gasteiger partial charge on any atom is -0.316 e. The minimum atomic E-state index is 0.457. The molecule has 18 heavy (non-hydrogen) atoms. The van der Waals surface area contributed by atoms with Crippen LogP contribution in [0.5, 0.6) is 0 Å². The maximum absolute atomic E-state index is 6.26. The maximum Gasteiger partial charge on any atom is 0.0624 e. The van der Waals surface area contributed by atoms with Crippen LogP contribution in [0.4, 0.5) is 0 Å². The summed E-state index contributed by atoms with van der Waals surface area (Å²) in [5, 5.41) is 5.44. The van der Waals surface area contributed by atoms with Crippen LogP contribution in [-0.4, -0.2) is 35.6 Å². The number of nitrogens with one attached hydrogen (secondary N) is 1. The van der Waals surface area contributed by atoms with E-state index < -0.39 is 0 Å². The normalized spacial score (nSPS) is 21.8. The first-order valence-electron chi connectivity index (χ1n) is 6.02. The SMILES string of the molecule is CNC(Cc1cccc(Cl)c1Cl)C1CSCCS1. The summed E-state index contributed by atoms with van der Waals surface area (Å²) in [6.45, 7) is 0. The van der Waals surface area contributed by atoms with E-state index in [-0.39, 0.29) is 0 Å². The molecule has 1 aromatic carbocycles. The highest BCUT2D eigenvalue weighted by Gasteiger charge is 2.24. The second-order valence-corrected chi connectivity index (χ2v) is 7.58. The van der Waals surface area contributed by atoms with E-state index in [1.54, 1.807) is 0 Å². The average molecular weight is 322 g/mol. The monoisotopic (exact) mass is 321 g/mol. The Labute approximate surface area is 127 Å². The van der Waals surface area contributed by atoms with Gasteiger partial charge in [0, 0.05) is 28.6 Å². The second kappa shape index (κ2) is 7.30. The van der Waals surface area contributed by atoms with E-state index in [1.165, 1.54) is 17.3 Å². The zero-order chi connectivity index (χ0) is 13.0. The van der Waals surface area contributed by atoms with Crippen LogP contribution in [0.3, 0.4) is 0 Å². The third-order valence-corrected chi connectivity index (χ3v) is 6.91. The van der Waals surface area contributed by atoms with Gasteiger partial charge < -0.3 is 5.32 Å². The Morgan fingerprint density at radius 3 is 2.89 bits per heavy atom. The lowest BCUT2D eigenvalue weighted by atomic mass is 10.0. The zero-order valence-corrected chi connectivity index (χ0v) is 13.4. The largest absolute Gasteiger partial charge is 0.316 e. The Morgan fingerprint density at radius 1 is 1.39 bits per heavy atom. The highest BCUT2D eigenvalue weighted by atomic mass is 35.5. The average Bonchev–Trinajstić information content (AvgIpc) is 2.41. The lowest BCUT2D eigenvalue weighted by Crippen LogP contribution is -2.40. The number of likely N-dealkylation sites (N-methyl/N-ethyl adjacent to an activating group) is 1. The van der Waals surface area contributed by atoms with E-state index in [0.29, 0.717) is 21.3 Å². The molecule has 0 aliphatic carbocycles. The van der Waals surface area contributed by atoms with Gasteiger partial charge in [0.25, 0.3) is 0 Å². The van der Waals surface area contributed by atoms with Gasteiger partial charge in [-0.05, 0) is 25.1 Å². The van der Waals surface area contributed by atoms with Gasteiger partial charge >= 0.3 is 0 Å². The molecule has 1 aromatic rings. The second-order valence-electron chi connectivity index (χ2n) is 4.30. The van der Waals surface area contributed by atoms with Crippen molar-refractivity contribution in [2.75, 3.05) is 24.3 Å². The fourth-order valence-corrected chi connectivity index (χ4v) is 5.43. The molecule has 0 radical (unpaired) electrons. The van der Waals surface area contributed by atoms with Crippen molar-refractivity contribution in [3.05, 3.63) is 33.8 Å². The Kier molecular flexibility index (Phi) is 6.02. The van der Waals surface area contributed by atoms with E-state index in [2.05, 4.69) is 23.1 Å². The quantitative estimate of drug-likeness (QED) is 0.901. The van der Waals surface area contributed by atoms with Crippen molar-refractivity contribution >= 4 is 46.7 Å². The molecule has 1 aliphatic heterocycles. The number of halogens is 2. The molecule has 100 valence electrons. The molecule has 0 amide bonds. The predicted octanol–water partition coefficient (Wildman–Crippen LogP) is 3.97. The van der Waals surface area contributed by atoms with E-state index in [4.69, 9.17) is 23.2 Å². The molecule has 1 heterocycles. The molecule has 0 bridgehead atoms. The third-order valence-electron chi connectivity index (χ3n) is 3.13. The number of hydrogen-bond acceptors (Lipinski definition) is 3. The molecule has 0 spiro atoms. The summed E-state index contributed by atoms with van der Waals surface area (Å²) in [6.07, 6.45) is 0.939. The minimum absolute atomic E-state index is 0.457. The number of rotatable bonds is 4. The van der Waals surface area contributed by atoms with Gasteiger partial charge in [0.05, 0.1) is 10.0 Å². The molecular weight excluding hydrogens is 305 g/mol. The van der Waals surface area contributed by atoms with Crippen molar-refractivity contribution < 1.29 is 0 Å². The standard InChI is InChI=1S/C13H17Cl2NS2/c1-16-11(12-8-17-5-6-18-12)7-9-3-2-4-10(14)13(9)15/h2-4,11-12,16H,5-8H2,1H3. The van der Waals surface area contributed by atoms with Crippen LogP contribution in [0.15, 0.2) is 18.2 Å². The topological polar surface area (TPSA) is 12.0 Å². The molecule has 2 rings (SSSR count). The zero-order valence-electron chi connectivity index (χ0n) is 10.3. The first kappa shape index (κ1) is 14.9. The van der Waals surface area contributed by atoms with E-state index in [0.717, 1.165) is 12.0 Å². The molecule has 2 atom stereocenters. The molecule has 0 saturated carbocycles. The molecule has 1 N–H and O–H groups in total. The van der Waals surface area contributed by atoms with E-state index >= 15 is 0 Å². The van der Waals surface area contributed by atoms with Gasteiger partial charge in [-0.2, -0.15) is 23.5 Å². The third kappa shape index (κ3) is 3.73. The first-order valence-corrected chi connectivity index (χ1v) is 8.98. The first-order chi connectivity index (χ1) is 8.72. The van der Waals surface area contributed by atoms with E-state index in [1.807, 2.05) is 30.9 Å². The molecule has 1 nitrogen and oxygen atoms in total. The summed E-state index contributed by atoms with van der Waals surface area (Å²) >= 11 is 16.4. The Bertz CT molecular complexity index is 395. The van der Waals surface area contributed by atoms with Gasteiger partial charge in [-0.1, -0.05) is 35.3 Å². The van der Waals surface area contributed by atoms with E-state index in [9.17, 15) is 0 Å². The predicted molar refractivity (Wildman–Crippen MR) is 86.6 cm³/mol. The Morgan fingerprint density at radius 2 is 2.22 bits per heavy atom. The van der Waals surface area contributed by atoms with Gasteiger partial charge in [-0.25, -0.2) is 0 Å². The molecule has 1 fully saturated rings. The molecule has 1 saturated heterocycles. The molecule has 2 unspecified atom stereocenters. The van der Waals surface area contributed by atoms with Gasteiger partial charge in [0.1, 0.15) is 0 Å². The van der Waals surface area contributed by atoms with Crippen LogP contribution in [-0.2, 0) is 6.42 Å². The summed E-state index contributed by atoms with van der Waals surface area (Å²) in [7, 11) is 2.03. The van der Waals surface area contributed by atoms with Crippen molar-refractivity contribution in [1.82, 2.24) is 5.32 Å². The van der Waals surface area contributed by atoms with Crippen LogP contribution in [0.1, 0.15) is 5.56 Å². The lowest BCUT2D eigenvalue weighted by Gasteiger charge is -2.29. The summed E-state index contributed by atoms with van der Waals surface area (Å²) in [5.41, 5.74) is 1.14. The van der Waals surface area contributed by atoms with Gasteiger partial charge in [0.2, 0.25) is 0 Å². The molecule has 1 aliphatic rings. The van der Waals surface area contributed by atoms with Gasteiger partial charge in [-0.3, -0.25) is 0 Å². The highest BCUT2D eigenvalue weighted by molar-refractivity contribution is 8.06. The molecule has 5 heteroatoms. The van der Waals surface area contributed by atoms with Crippen LogP contribution in [0, 0.1) is 0 Å². The van der Waals surface area contributed by atoms with Crippen molar-refractivity contribution in [2.24, 2.45) is 0 Å². The van der Waals surface area contributed by atoms with Gasteiger partial charge in [0.15, 0.2) is 0 Å². The Balaban J connectivity index is 2.07. The van der Waals surface area contributed by atoms with Crippen molar-refractivity contribution in [3.8, 4) is 0 Å². The number of benzene rings is 1. The maximum atomic E-state index is 6.26. The van der Waals surface area contributed by atoms with Crippen LogP contribution in [0.2, 0.25) is 10.0 Å². The molecule has 0 aromatic heterocycles. The fraction of sp³-hybridized carbons (Fsp3) is 0.538. The summed E-state index contributed by atoms with van der Waals surface area (Å²) < 4.78 is 0. The van der Waals surface area contributed by atoms with Crippen LogP contribution >= 0.6 is 46.7 Å². The summed E-state index contributed by atoms with van der Waals surface area (Å²) in [4.78, 5) is 0. The number of hydrogen-bond donors (Lipinski definition) is 1. The van der Waals surface area contributed by atoms with Crippen molar-refractivity contribution in [2.45, 2.75) is 17.7 Å². The molecular formula is C13H17Cl2NS2.